The minimum atomic E-state index is -0.0707. The molecule has 1 aliphatic heterocycles. The van der Waals surface area contributed by atoms with Gasteiger partial charge < -0.3 is 5.32 Å². The minimum absolute atomic E-state index is 0.0539. The number of carbonyl (C=O) groups is 1. The van der Waals surface area contributed by atoms with Gasteiger partial charge in [-0.15, -0.1) is 0 Å². The fourth-order valence-electron chi connectivity index (χ4n) is 1.94. The molecule has 2 N–H and O–H groups in total. The Kier molecular flexibility index (Phi) is 3.50. The highest BCUT2D eigenvalue weighted by atomic mass is 16.2. The van der Waals surface area contributed by atoms with Crippen molar-refractivity contribution in [3.8, 4) is 0 Å². The zero-order valence-corrected chi connectivity index (χ0v) is 9.55. The van der Waals surface area contributed by atoms with E-state index in [2.05, 4.69) is 24.6 Å². The van der Waals surface area contributed by atoms with E-state index in [1.165, 1.54) is 0 Å². The van der Waals surface area contributed by atoms with Crippen molar-refractivity contribution in [3.05, 3.63) is 0 Å². The third-order valence-electron chi connectivity index (χ3n) is 2.72. The summed E-state index contributed by atoms with van der Waals surface area (Å²) in [6, 6.07) is -0.0707. The number of nitrogens with one attached hydrogen (secondary N) is 2. The van der Waals surface area contributed by atoms with Crippen molar-refractivity contribution in [2.75, 3.05) is 20.6 Å². The van der Waals surface area contributed by atoms with Gasteiger partial charge in [0.1, 0.15) is 0 Å². The molecule has 1 unspecified atom stereocenters. The van der Waals surface area contributed by atoms with Crippen LogP contribution < -0.4 is 10.7 Å². The summed E-state index contributed by atoms with van der Waals surface area (Å²) in [6.07, 6.45) is 2.25. The SMILES string of the molecule is CN(C)NC(=O)C1NCCCC1(C)C. The van der Waals surface area contributed by atoms with Crippen LogP contribution in [-0.2, 0) is 4.79 Å². The van der Waals surface area contributed by atoms with Gasteiger partial charge in [0.25, 0.3) is 5.91 Å². The minimum Gasteiger partial charge on any atom is -0.305 e. The average Bonchev–Trinajstić information content (AvgIpc) is 2.01. The molecule has 82 valence electrons. The van der Waals surface area contributed by atoms with Crippen LogP contribution in [0, 0.1) is 5.41 Å². The maximum absolute atomic E-state index is 11.8. The Bertz CT molecular complexity index is 213. The highest BCUT2D eigenvalue weighted by Crippen LogP contribution is 2.29. The first-order valence-corrected chi connectivity index (χ1v) is 5.15. The van der Waals surface area contributed by atoms with E-state index in [1.54, 1.807) is 5.01 Å². The summed E-state index contributed by atoms with van der Waals surface area (Å²) in [5.74, 6) is 0.0692. The molecule has 1 amide bonds. The van der Waals surface area contributed by atoms with Crippen LogP contribution in [0.3, 0.4) is 0 Å². The van der Waals surface area contributed by atoms with E-state index in [-0.39, 0.29) is 17.4 Å². The molecule has 1 heterocycles. The second-order valence-corrected chi connectivity index (χ2v) is 4.85. The Hall–Kier alpha value is -0.610. The summed E-state index contributed by atoms with van der Waals surface area (Å²) in [6.45, 7) is 5.22. The van der Waals surface area contributed by atoms with Crippen molar-refractivity contribution >= 4 is 5.91 Å². The second kappa shape index (κ2) is 4.28. The van der Waals surface area contributed by atoms with E-state index in [0.717, 1.165) is 19.4 Å². The summed E-state index contributed by atoms with van der Waals surface area (Å²) in [7, 11) is 3.65. The van der Waals surface area contributed by atoms with Gasteiger partial charge in [0.2, 0.25) is 0 Å². The highest BCUT2D eigenvalue weighted by molar-refractivity contribution is 5.82. The number of piperidine rings is 1. The van der Waals surface area contributed by atoms with Crippen molar-refractivity contribution in [2.24, 2.45) is 5.41 Å². The Morgan fingerprint density at radius 2 is 2.14 bits per heavy atom. The van der Waals surface area contributed by atoms with Crippen molar-refractivity contribution in [1.82, 2.24) is 15.8 Å². The van der Waals surface area contributed by atoms with Crippen LogP contribution in [-0.4, -0.2) is 37.6 Å². The van der Waals surface area contributed by atoms with Crippen LogP contribution in [0.1, 0.15) is 26.7 Å². The number of hydrazine groups is 1. The lowest BCUT2D eigenvalue weighted by Gasteiger charge is -2.38. The van der Waals surface area contributed by atoms with Gasteiger partial charge in [0.15, 0.2) is 0 Å². The van der Waals surface area contributed by atoms with Gasteiger partial charge in [-0.1, -0.05) is 13.8 Å². The van der Waals surface area contributed by atoms with Gasteiger partial charge in [-0.25, -0.2) is 5.01 Å². The molecule has 1 rings (SSSR count). The van der Waals surface area contributed by atoms with Crippen LogP contribution in [0.4, 0.5) is 0 Å². The lowest BCUT2D eigenvalue weighted by molar-refractivity contribution is -0.130. The number of amides is 1. The van der Waals surface area contributed by atoms with Crippen molar-refractivity contribution in [2.45, 2.75) is 32.7 Å². The summed E-state index contributed by atoms with van der Waals surface area (Å²) < 4.78 is 0. The normalized spacial score (nSPS) is 26.2. The maximum Gasteiger partial charge on any atom is 0.251 e. The first-order chi connectivity index (χ1) is 6.43. The highest BCUT2D eigenvalue weighted by Gasteiger charge is 2.37. The van der Waals surface area contributed by atoms with Crippen LogP contribution in [0.15, 0.2) is 0 Å². The van der Waals surface area contributed by atoms with Crippen LogP contribution in [0.2, 0.25) is 0 Å². The lowest BCUT2D eigenvalue weighted by atomic mass is 9.77. The van der Waals surface area contributed by atoms with Gasteiger partial charge in [-0.05, 0) is 24.8 Å². The predicted octanol–water partition coefficient (Wildman–Crippen LogP) is 0.357. The number of hydrogen-bond acceptors (Lipinski definition) is 3. The third kappa shape index (κ3) is 2.69. The molecule has 0 saturated carbocycles. The molecule has 4 heteroatoms. The molecule has 0 aromatic rings. The number of rotatable bonds is 2. The van der Waals surface area contributed by atoms with E-state index >= 15 is 0 Å². The van der Waals surface area contributed by atoms with Crippen LogP contribution >= 0.6 is 0 Å². The lowest BCUT2D eigenvalue weighted by Crippen LogP contribution is -2.57. The van der Waals surface area contributed by atoms with Crippen molar-refractivity contribution < 1.29 is 4.79 Å². The Labute approximate surface area is 86.0 Å². The van der Waals surface area contributed by atoms with Gasteiger partial charge in [0.05, 0.1) is 6.04 Å². The Balaban J connectivity index is 2.60. The molecule has 1 fully saturated rings. The van der Waals surface area contributed by atoms with Gasteiger partial charge in [-0.2, -0.15) is 0 Å². The molecular weight excluding hydrogens is 178 g/mol. The zero-order chi connectivity index (χ0) is 10.8. The smallest absolute Gasteiger partial charge is 0.251 e. The maximum atomic E-state index is 11.8. The Morgan fingerprint density at radius 1 is 1.50 bits per heavy atom. The molecule has 0 aromatic carbocycles. The molecule has 0 spiro atoms. The molecule has 1 saturated heterocycles. The first-order valence-electron chi connectivity index (χ1n) is 5.15. The van der Waals surface area contributed by atoms with Gasteiger partial charge >= 0.3 is 0 Å². The van der Waals surface area contributed by atoms with Crippen LogP contribution in [0.25, 0.3) is 0 Å². The zero-order valence-electron chi connectivity index (χ0n) is 9.55. The summed E-state index contributed by atoms with van der Waals surface area (Å²) in [5, 5.41) is 4.96. The molecular formula is C10H21N3O. The summed E-state index contributed by atoms with van der Waals surface area (Å²) in [4.78, 5) is 11.8. The fourth-order valence-corrected chi connectivity index (χ4v) is 1.94. The fraction of sp³-hybridized carbons (Fsp3) is 0.900. The van der Waals surface area contributed by atoms with E-state index in [0.29, 0.717) is 0 Å². The largest absolute Gasteiger partial charge is 0.305 e. The molecule has 1 aliphatic rings. The van der Waals surface area contributed by atoms with E-state index in [1.807, 2.05) is 14.1 Å². The summed E-state index contributed by atoms with van der Waals surface area (Å²) in [5.41, 5.74) is 2.85. The quantitative estimate of drug-likeness (QED) is 0.631. The van der Waals surface area contributed by atoms with E-state index in [9.17, 15) is 4.79 Å². The molecule has 0 bridgehead atoms. The molecule has 1 atom stereocenters. The standard InChI is InChI=1S/C10H21N3O/c1-10(2)6-5-7-11-8(10)9(14)12-13(3)4/h8,11H,5-7H2,1-4H3,(H,12,14). The third-order valence-corrected chi connectivity index (χ3v) is 2.72. The molecule has 14 heavy (non-hydrogen) atoms. The van der Waals surface area contributed by atoms with E-state index < -0.39 is 0 Å². The van der Waals surface area contributed by atoms with Gasteiger partial charge in [0, 0.05) is 14.1 Å². The number of carbonyl (C=O) groups excluding carboxylic acids is 1. The summed E-state index contributed by atoms with van der Waals surface area (Å²) >= 11 is 0. The molecule has 0 aliphatic carbocycles. The second-order valence-electron chi connectivity index (χ2n) is 4.85. The van der Waals surface area contributed by atoms with Gasteiger partial charge in [-0.3, -0.25) is 10.2 Å². The molecule has 4 nitrogen and oxygen atoms in total. The van der Waals surface area contributed by atoms with Crippen molar-refractivity contribution in [3.63, 3.8) is 0 Å². The monoisotopic (exact) mass is 199 g/mol. The number of nitrogens with zero attached hydrogens (tertiary/aromatic N) is 1. The molecule has 0 radical (unpaired) electrons. The van der Waals surface area contributed by atoms with E-state index in [4.69, 9.17) is 0 Å². The number of hydrogen-bond donors (Lipinski definition) is 2. The van der Waals surface area contributed by atoms with Crippen molar-refractivity contribution in [1.29, 1.82) is 0 Å². The predicted molar refractivity (Wildman–Crippen MR) is 56.6 cm³/mol. The average molecular weight is 199 g/mol. The molecule has 0 aromatic heterocycles. The van der Waals surface area contributed by atoms with Crippen LogP contribution in [0.5, 0.6) is 0 Å². The first kappa shape index (κ1) is 11.5. The Morgan fingerprint density at radius 3 is 2.64 bits per heavy atom. The topological polar surface area (TPSA) is 44.4 Å².